The van der Waals surface area contributed by atoms with Crippen LogP contribution >= 0.6 is 0 Å². The molecule has 0 fully saturated rings. The zero-order valence-corrected chi connectivity index (χ0v) is 14.5. The van der Waals surface area contributed by atoms with E-state index in [4.69, 9.17) is 0 Å². The average Bonchev–Trinajstić information content (AvgIpc) is 3.19. The number of rotatable bonds is 7. The lowest BCUT2D eigenvalue weighted by atomic mass is 10.2. The Hall–Kier alpha value is -2.19. The number of imidazole rings is 2. The summed E-state index contributed by atoms with van der Waals surface area (Å²) < 4.78 is 29.5. The number of aromatic amines is 1. The maximum atomic E-state index is 12.4. The summed E-state index contributed by atoms with van der Waals surface area (Å²) in [4.78, 5) is 11.6. The van der Waals surface area contributed by atoms with Crippen LogP contribution in [0.3, 0.4) is 0 Å². The Labute approximate surface area is 141 Å². The zero-order chi connectivity index (χ0) is 17.2. The highest BCUT2D eigenvalue weighted by Gasteiger charge is 2.14. The second kappa shape index (κ2) is 6.74. The Balaban J connectivity index is 1.60. The van der Waals surface area contributed by atoms with Crippen molar-refractivity contribution in [1.82, 2.24) is 24.2 Å². The summed E-state index contributed by atoms with van der Waals surface area (Å²) in [7, 11) is -3.52. The molecule has 2 aromatic heterocycles. The molecule has 0 bridgehead atoms. The molecule has 24 heavy (non-hydrogen) atoms. The van der Waals surface area contributed by atoms with Crippen LogP contribution in [0.25, 0.3) is 11.0 Å². The average molecular weight is 347 g/mol. The Kier molecular flexibility index (Phi) is 4.68. The molecule has 0 saturated heterocycles. The molecule has 0 radical (unpaired) electrons. The number of hydrogen-bond acceptors (Lipinski definition) is 4. The first-order chi connectivity index (χ1) is 11.5. The van der Waals surface area contributed by atoms with Crippen molar-refractivity contribution in [1.29, 1.82) is 0 Å². The van der Waals surface area contributed by atoms with Crippen LogP contribution in [0.2, 0.25) is 0 Å². The van der Waals surface area contributed by atoms with Gasteiger partial charge in [-0.1, -0.05) is 13.8 Å². The van der Waals surface area contributed by atoms with Crippen LogP contribution in [0.4, 0.5) is 0 Å². The minimum absolute atomic E-state index is 0.241. The molecule has 1 aromatic carbocycles. The Morgan fingerprint density at radius 3 is 2.92 bits per heavy atom. The lowest BCUT2D eigenvalue weighted by Gasteiger charge is -2.11. The molecule has 0 spiro atoms. The van der Waals surface area contributed by atoms with Crippen LogP contribution in [0.15, 0.2) is 41.8 Å². The molecule has 128 valence electrons. The summed E-state index contributed by atoms with van der Waals surface area (Å²) in [6.45, 7) is 5.29. The maximum absolute atomic E-state index is 12.4. The van der Waals surface area contributed by atoms with Gasteiger partial charge in [0.2, 0.25) is 10.0 Å². The summed E-state index contributed by atoms with van der Waals surface area (Å²) >= 11 is 0. The van der Waals surface area contributed by atoms with Crippen molar-refractivity contribution in [3.8, 4) is 0 Å². The summed E-state index contributed by atoms with van der Waals surface area (Å²) in [5.74, 6) is 1.36. The van der Waals surface area contributed by atoms with Gasteiger partial charge in [-0.25, -0.2) is 23.1 Å². The van der Waals surface area contributed by atoms with E-state index in [-0.39, 0.29) is 4.90 Å². The number of hydrogen-bond donors (Lipinski definition) is 2. The van der Waals surface area contributed by atoms with Crippen molar-refractivity contribution in [2.24, 2.45) is 0 Å². The van der Waals surface area contributed by atoms with E-state index < -0.39 is 10.0 Å². The standard InChI is InChI=1S/C16H21N5O2S/c1-12(2)16-17-7-9-21(16)8-3-6-20-24(22,23)13-4-5-14-15(10-13)19-11-18-14/h4-5,7,9-12,20H,3,6,8H2,1-2H3,(H,18,19). The second-order valence-electron chi connectivity index (χ2n) is 5.97. The van der Waals surface area contributed by atoms with Crippen LogP contribution in [0.1, 0.15) is 32.0 Å². The first-order valence-electron chi connectivity index (χ1n) is 7.91. The zero-order valence-electron chi connectivity index (χ0n) is 13.7. The summed E-state index contributed by atoms with van der Waals surface area (Å²) in [5.41, 5.74) is 1.45. The molecule has 0 unspecified atom stereocenters. The summed E-state index contributed by atoms with van der Waals surface area (Å²) in [5, 5.41) is 0. The summed E-state index contributed by atoms with van der Waals surface area (Å²) in [6, 6.07) is 4.86. The van der Waals surface area contributed by atoms with Crippen LogP contribution in [-0.4, -0.2) is 34.5 Å². The lowest BCUT2D eigenvalue weighted by Crippen LogP contribution is -2.25. The lowest BCUT2D eigenvalue weighted by molar-refractivity contribution is 0.559. The fraction of sp³-hybridized carbons (Fsp3) is 0.375. The van der Waals surface area contributed by atoms with Crippen molar-refractivity contribution in [2.45, 2.75) is 37.6 Å². The van der Waals surface area contributed by atoms with E-state index in [1.165, 1.54) is 0 Å². The molecule has 0 aliphatic heterocycles. The molecule has 8 heteroatoms. The van der Waals surface area contributed by atoms with Crippen molar-refractivity contribution in [2.75, 3.05) is 6.54 Å². The number of sulfonamides is 1. The van der Waals surface area contributed by atoms with E-state index in [0.29, 0.717) is 24.4 Å². The monoisotopic (exact) mass is 347 g/mol. The molecule has 2 N–H and O–H groups in total. The van der Waals surface area contributed by atoms with Crippen molar-refractivity contribution < 1.29 is 8.42 Å². The second-order valence-corrected chi connectivity index (χ2v) is 7.73. The van der Waals surface area contributed by atoms with E-state index in [0.717, 1.165) is 17.9 Å². The molecule has 7 nitrogen and oxygen atoms in total. The van der Waals surface area contributed by atoms with Gasteiger partial charge in [0.05, 0.1) is 22.3 Å². The van der Waals surface area contributed by atoms with Gasteiger partial charge in [-0.3, -0.25) is 0 Å². The number of nitrogens with zero attached hydrogens (tertiary/aromatic N) is 3. The van der Waals surface area contributed by atoms with Crippen LogP contribution in [-0.2, 0) is 16.6 Å². The number of aryl methyl sites for hydroxylation is 1. The van der Waals surface area contributed by atoms with Crippen LogP contribution < -0.4 is 4.72 Å². The molecule has 3 aromatic rings. The predicted octanol–water partition coefficient (Wildman–Crippen LogP) is 2.25. The van der Waals surface area contributed by atoms with Gasteiger partial charge in [0.1, 0.15) is 5.82 Å². The number of H-pyrrole nitrogens is 1. The molecule has 2 heterocycles. The van der Waals surface area contributed by atoms with Gasteiger partial charge < -0.3 is 9.55 Å². The van der Waals surface area contributed by atoms with Crippen molar-refractivity contribution >= 4 is 21.1 Å². The fourth-order valence-electron chi connectivity index (χ4n) is 2.63. The van der Waals surface area contributed by atoms with Gasteiger partial charge in [0.25, 0.3) is 0 Å². The molecular weight excluding hydrogens is 326 g/mol. The van der Waals surface area contributed by atoms with Gasteiger partial charge >= 0.3 is 0 Å². The third-order valence-electron chi connectivity index (χ3n) is 3.83. The minimum atomic E-state index is -3.52. The van der Waals surface area contributed by atoms with Gasteiger partial charge in [-0.15, -0.1) is 0 Å². The third-order valence-corrected chi connectivity index (χ3v) is 5.29. The first-order valence-corrected chi connectivity index (χ1v) is 9.39. The highest BCUT2D eigenvalue weighted by molar-refractivity contribution is 7.89. The van der Waals surface area contributed by atoms with Gasteiger partial charge in [0, 0.05) is 31.4 Å². The summed E-state index contributed by atoms with van der Waals surface area (Å²) in [6.07, 6.45) is 5.95. The molecule has 0 saturated carbocycles. The molecule has 0 aliphatic rings. The molecule has 3 rings (SSSR count). The molecule has 0 aliphatic carbocycles. The SMILES string of the molecule is CC(C)c1nccn1CCCNS(=O)(=O)c1ccc2nc[nH]c2c1. The quantitative estimate of drug-likeness (QED) is 0.641. The molecule has 0 atom stereocenters. The van der Waals surface area contributed by atoms with E-state index in [1.54, 1.807) is 30.7 Å². The Bertz CT molecular complexity index is 927. The van der Waals surface area contributed by atoms with Crippen molar-refractivity contribution in [3.05, 3.63) is 42.7 Å². The van der Waals surface area contributed by atoms with Crippen molar-refractivity contribution in [3.63, 3.8) is 0 Å². The predicted molar refractivity (Wildman–Crippen MR) is 92.2 cm³/mol. The number of aromatic nitrogens is 4. The Morgan fingerprint density at radius 2 is 2.12 bits per heavy atom. The topological polar surface area (TPSA) is 92.7 Å². The van der Waals surface area contributed by atoms with E-state index in [9.17, 15) is 8.42 Å². The largest absolute Gasteiger partial charge is 0.345 e. The van der Waals surface area contributed by atoms with E-state index >= 15 is 0 Å². The number of benzene rings is 1. The maximum Gasteiger partial charge on any atom is 0.240 e. The first kappa shape index (κ1) is 16.7. The third kappa shape index (κ3) is 3.49. The molecule has 0 amide bonds. The smallest absolute Gasteiger partial charge is 0.240 e. The minimum Gasteiger partial charge on any atom is -0.345 e. The van der Waals surface area contributed by atoms with Crippen LogP contribution in [0.5, 0.6) is 0 Å². The van der Waals surface area contributed by atoms with Gasteiger partial charge in [0.15, 0.2) is 0 Å². The number of nitrogens with one attached hydrogen (secondary N) is 2. The highest BCUT2D eigenvalue weighted by atomic mass is 32.2. The fourth-order valence-corrected chi connectivity index (χ4v) is 3.73. The van der Waals surface area contributed by atoms with Gasteiger partial charge in [-0.05, 0) is 24.6 Å². The van der Waals surface area contributed by atoms with E-state index in [1.807, 2.05) is 6.20 Å². The molecular formula is C16H21N5O2S. The van der Waals surface area contributed by atoms with E-state index in [2.05, 4.69) is 38.1 Å². The number of fused-ring (bicyclic) bond motifs is 1. The highest BCUT2D eigenvalue weighted by Crippen LogP contribution is 2.16. The van der Waals surface area contributed by atoms with Crippen LogP contribution in [0, 0.1) is 0 Å². The normalized spacial score (nSPS) is 12.3. The Morgan fingerprint density at radius 1 is 1.29 bits per heavy atom. The van der Waals surface area contributed by atoms with Gasteiger partial charge in [-0.2, -0.15) is 0 Å².